The zero-order valence-electron chi connectivity index (χ0n) is 32.5. The highest BCUT2D eigenvalue weighted by atomic mass is 31.2. The number of aryl methyl sites for hydroxylation is 1. The lowest BCUT2D eigenvalue weighted by atomic mass is 9.94. The lowest BCUT2D eigenvalue weighted by Crippen LogP contribution is -2.29. The summed E-state index contributed by atoms with van der Waals surface area (Å²) in [5, 5.41) is 14.6. The van der Waals surface area contributed by atoms with Gasteiger partial charge < -0.3 is 24.1 Å². The Kier molecular flexibility index (Phi) is 17.7. The number of phosphoric acid groups is 1. The van der Waals surface area contributed by atoms with Crippen molar-refractivity contribution in [2.24, 2.45) is 0 Å². The summed E-state index contributed by atoms with van der Waals surface area (Å²) >= 11 is 0. The first-order valence-electron chi connectivity index (χ1n) is 18.2. The smallest absolute Gasteiger partial charge is 0.414 e. The van der Waals surface area contributed by atoms with Gasteiger partial charge in [0.1, 0.15) is 5.75 Å². The van der Waals surface area contributed by atoms with Crippen LogP contribution in [0.25, 0.3) is 0 Å². The van der Waals surface area contributed by atoms with Gasteiger partial charge in [-0.3, -0.25) is 9.05 Å². The molecular formula is C39H68NO7PSi. The third-order valence-electron chi connectivity index (χ3n) is 7.46. The van der Waals surface area contributed by atoms with Gasteiger partial charge >= 0.3 is 7.82 Å². The van der Waals surface area contributed by atoms with Crippen LogP contribution in [0.5, 0.6) is 5.75 Å². The number of aliphatic hydroxyl groups excluding tert-OH is 1. The molecule has 2 N–H and O–H groups in total. The summed E-state index contributed by atoms with van der Waals surface area (Å²) in [6, 6.07) is 16.1. The highest BCUT2D eigenvalue weighted by Crippen LogP contribution is 2.56. The van der Waals surface area contributed by atoms with E-state index in [-0.39, 0.29) is 5.04 Å². The van der Waals surface area contributed by atoms with E-state index in [9.17, 15) is 9.67 Å². The molecule has 49 heavy (non-hydrogen) atoms. The van der Waals surface area contributed by atoms with Crippen molar-refractivity contribution in [2.75, 3.05) is 26.3 Å². The second-order valence-corrected chi connectivity index (χ2v) is 20.9. The zero-order valence-corrected chi connectivity index (χ0v) is 34.8. The Balaban J connectivity index is 1.92. The van der Waals surface area contributed by atoms with Crippen LogP contribution in [0, 0.1) is 0 Å². The minimum Gasteiger partial charge on any atom is -0.414 e. The molecule has 0 bridgehead atoms. The van der Waals surface area contributed by atoms with Crippen LogP contribution in [0.1, 0.15) is 137 Å². The van der Waals surface area contributed by atoms with Crippen molar-refractivity contribution in [3.05, 3.63) is 65.2 Å². The van der Waals surface area contributed by atoms with Crippen LogP contribution < -0.4 is 9.84 Å². The molecule has 0 aliphatic carbocycles. The van der Waals surface area contributed by atoms with Gasteiger partial charge in [-0.2, -0.15) is 0 Å². The van der Waals surface area contributed by atoms with Gasteiger partial charge in [0, 0.05) is 25.3 Å². The maximum absolute atomic E-state index is 14.0. The van der Waals surface area contributed by atoms with Crippen LogP contribution in [0.2, 0.25) is 5.04 Å². The molecule has 8 nitrogen and oxygen atoms in total. The van der Waals surface area contributed by atoms with E-state index in [1.54, 1.807) is 6.07 Å². The van der Waals surface area contributed by atoms with Gasteiger partial charge in [-0.25, -0.2) is 4.57 Å². The summed E-state index contributed by atoms with van der Waals surface area (Å²) in [4.78, 5) is 0. The third kappa shape index (κ3) is 19.0. The largest absolute Gasteiger partial charge is 0.531 e. The van der Waals surface area contributed by atoms with Crippen molar-refractivity contribution in [1.29, 1.82) is 0 Å². The molecule has 0 unspecified atom stereocenters. The molecule has 0 heterocycles. The molecule has 0 aliphatic rings. The van der Waals surface area contributed by atoms with Gasteiger partial charge in [-0.05, 0) is 122 Å². The molecule has 0 amide bonds. The molecule has 0 spiro atoms. The fourth-order valence-corrected chi connectivity index (χ4v) is 7.87. The molecular weight excluding hydrogens is 653 g/mol. The highest BCUT2D eigenvalue weighted by molar-refractivity contribution is 7.49. The first-order valence-corrected chi connectivity index (χ1v) is 20.9. The molecule has 2 rings (SSSR count). The van der Waals surface area contributed by atoms with Gasteiger partial charge in [0.15, 0.2) is 9.76 Å². The number of nitrogens with one attached hydrogen (secondary N) is 1. The van der Waals surface area contributed by atoms with E-state index < -0.39 is 40.5 Å². The van der Waals surface area contributed by atoms with Gasteiger partial charge in [0.25, 0.3) is 0 Å². The molecule has 0 aliphatic heterocycles. The maximum Gasteiger partial charge on any atom is 0.531 e. The van der Waals surface area contributed by atoms with Gasteiger partial charge in [-0.15, -0.1) is 0 Å². The Morgan fingerprint density at radius 1 is 0.776 bits per heavy atom. The second-order valence-electron chi connectivity index (χ2n) is 16.8. The van der Waals surface area contributed by atoms with Gasteiger partial charge in [-0.1, -0.05) is 70.0 Å². The number of rotatable bonds is 22. The van der Waals surface area contributed by atoms with E-state index in [0.29, 0.717) is 17.9 Å². The van der Waals surface area contributed by atoms with Gasteiger partial charge in [0.2, 0.25) is 0 Å². The predicted octanol–water partition coefficient (Wildman–Crippen LogP) is 9.58. The molecule has 0 fully saturated rings. The molecule has 2 aromatic rings. The molecule has 0 saturated heterocycles. The second kappa shape index (κ2) is 19.9. The summed E-state index contributed by atoms with van der Waals surface area (Å²) < 4.78 is 44.4. The summed E-state index contributed by atoms with van der Waals surface area (Å²) in [5.74, 6) is 0.352. The van der Waals surface area contributed by atoms with Crippen molar-refractivity contribution >= 4 is 17.6 Å². The topological polar surface area (TPSA) is 95.5 Å². The zero-order chi connectivity index (χ0) is 36.8. The Bertz CT molecular complexity index is 1250. The number of hydrogen-bond acceptors (Lipinski definition) is 8. The molecule has 1 atom stereocenters. The lowest BCUT2D eigenvalue weighted by Gasteiger charge is -2.34. The van der Waals surface area contributed by atoms with Crippen molar-refractivity contribution in [3.8, 4) is 5.75 Å². The quantitative estimate of drug-likeness (QED) is 0.0706. The summed E-state index contributed by atoms with van der Waals surface area (Å²) in [7, 11) is -5.01. The van der Waals surface area contributed by atoms with Crippen molar-refractivity contribution in [1.82, 2.24) is 5.32 Å². The summed E-state index contributed by atoms with van der Waals surface area (Å²) in [6.45, 7) is 24.3. The van der Waals surface area contributed by atoms with E-state index in [2.05, 4.69) is 56.4 Å². The average molecular weight is 722 g/mol. The Labute approximate surface area is 301 Å². The van der Waals surface area contributed by atoms with Crippen molar-refractivity contribution in [2.45, 2.75) is 149 Å². The Hall–Kier alpha value is -1.55. The van der Waals surface area contributed by atoms with E-state index in [1.165, 1.54) is 5.56 Å². The fraction of sp³-hybridized carbons (Fsp3) is 0.692. The number of benzene rings is 2. The van der Waals surface area contributed by atoms with Crippen LogP contribution >= 0.6 is 7.82 Å². The number of unbranched alkanes of at least 4 members (excludes halogenated alkanes) is 4. The lowest BCUT2D eigenvalue weighted by molar-refractivity contribution is 0.0215. The van der Waals surface area contributed by atoms with E-state index in [0.717, 1.165) is 70.3 Å². The maximum atomic E-state index is 14.0. The standard InChI is InChI=1S/C39H68NO7PSi/c1-36(2,3)45-48(42,46-37(4,5)6)44-35-25-24-32(29-33(35)39(10,11)47-49-38(7,8)9)34(41)30-40-26-18-12-13-19-27-43-28-20-17-23-31-21-15-14-16-22-31/h14-16,21-22,24-25,29,34,40-41H,12-13,17-20,23,26-28,30,49H2,1-11H3/t34-/m0/s1. The minimum atomic E-state index is -4.05. The van der Waals surface area contributed by atoms with E-state index in [4.69, 9.17) is 22.7 Å². The molecule has 0 radical (unpaired) electrons. The molecule has 280 valence electrons. The van der Waals surface area contributed by atoms with E-state index >= 15 is 0 Å². The Morgan fingerprint density at radius 3 is 1.96 bits per heavy atom. The molecule has 0 saturated carbocycles. The first kappa shape index (κ1) is 43.6. The minimum absolute atomic E-state index is 0.0645. The van der Waals surface area contributed by atoms with Crippen LogP contribution in [0.4, 0.5) is 0 Å². The number of ether oxygens (including phenoxy) is 1. The predicted molar refractivity (Wildman–Crippen MR) is 205 cm³/mol. The fourth-order valence-electron chi connectivity index (χ4n) is 5.07. The Morgan fingerprint density at radius 2 is 1.37 bits per heavy atom. The SMILES string of the molecule is CC(C)(C)OP(=O)(Oc1ccc([C@@H](O)CNCCCCCCOCCCCc2ccccc2)cc1C(C)(C)O[SiH2]C(C)(C)C)OC(C)(C)C. The van der Waals surface area contributed by atoms with Crippen molar-refractivity contribution in [3.63, 3.8) is 0 Å². The summed E-state index contributed by atoms with van der Waals surface area (Å²) in [6.07, 6.45) is 7.00. The van der Waals surface area contributed by atoms with Crippen molar-refractivity contribution < 1.29 is 32.4 Å². The third-order valence-corrected chi connectivity index (χ3v) is 11.2. The molecule has 2 aromatic carbocycles. The number of aliphatic hydroxyl groups is 1. The van der Waals surface area contributed by atoms with Crippen LogP contribution in [-0.4, -0.2) is 52.4 Å². The van der Waals surface area contributed by atoms with Gasteiger partial charge in [0.05, 0.1) is 22.9 Å². The number of hydrogen-bond donors (Lipinski definition) is 2. The van der Waals surface area contributed by atoms with Crippen LogP contribution in [-0.2, 0) is 34.8 Å². The monoisotopic (exact) mass is 721 g/mol. The molecule has 10 heteroatoms. The average Bonchev–Trinajstić information content (AvgIpc) is 2.96. The van der Waals surface area contributed by atoms with Crippen LogP contribution in [0.3, 0.4) is 0 Å². The first-order chi connectivity index (χ1) is 22.7. The molecule has 0 aromatic heterocycles. The number of phosphoric ester groups is 1. The highest BCUT2D eigenvalue weighted by Gasteiger charge is 2.40. The van der Waals surface area contributed by atoms with Crippen LogP contribution in [0.15, 0.2) is 48.5 Å². The normalized spacial score (nSPS) is 14.1. The summed E-state index contributed by atoms with van der Waals surface area (Å²) in [5.41, 5.74) is 0.500. The van der Waals surface area contributed by atoms with E-state index in [1.807, 2.05) is 67.5 Å².